The minimum atomic E-state index is -0.500. The average molecular weight is 411 g/mol. The van der Waals surface area contributed by atoms with Gasteiger partial charge >= 0.3 is 0 Å². The summed E-state index contributed by atoms with van der Waals surface area (Å²) in [7, 11) is 1.64. The maximum absolute atomic E-state index is 12.9. The number of benzene rings is 1. The van der Waals surface area contributed by atoms with Gasteiger partial charge in [0.2, 0.25) is 0 Å². The molecule has 1 amide bonds. The lowest BCUT2D eigenvalue weighted by Gasteiger charge is -2.20. The van der Waals surface area contributed by atoms with E-state index in [0.29, 0.717) is 5.13 Å². The van der Waals surface area contributed by atoms with E-state index in [9.17, 15) is 4.79 Å². The number of nitrogens with one attached hydrogen (secondary N) is 2. The van der Waals surface area contributed by atoms with Crippen molar-refractivity contribution in [1.29, 1.82) is 0 Å². The summed E-state index contributed by atoms with van der Waals surface area (Å²) in [6.07, 6.45) is 4.19. The zero-order valence-electron chi connectivity index (χ0n) is 16.3. The lowest BCUT2D eigenvalue weighted by molar-refractivity contribution is -0.121. The van der Waals surface area contributed by atoms with Crippen LogP contribution in [0.25, 0.3) is 22.2 Å². The van der Waals surface area contributed by atoms with Crippen molar-refractivity contribution in [3.8, 4) is 17.0 Å². The Kier molecular flexibility index (Phi) is 5.26. The number of carbonyl (C=O) groups is 1. The molecular formula is C19H21N7O2S. The summed E-state index contributed by atoms with van der Waals surface area (Å²) in [6.45, 7) is 4.03. The van der Waals surface area contributed by atoms with E-state index < -0.39 is 6.04 Å². The number of thiazole rings is 1. The third-order valence-electron chi connectivity index (χ3n) is 5.00. The Morgan fingerprint density at radius 1 is 1.41 bits per heavy atom. The summed E-state index contributed by atoms with van der Waals surface area (Å²) in [5.74, 6) is 0.659. The summed E-state index contributed by atoms with van der Waals surface area (Å²) in [6, 6.07) is 5.34. The smallest absolute Gasteiger partial charge is 0.251 e. The lowest BCUT2D eigenvalue weighted by Crippen LogP contribution is -2.31. The second-order valence-corrected chi connectivity index (χ2v) is 7.62. The first-order valence-electron chi connectivity index (χ1n) is 9.25. The number of rotatable bonds is 7. The number of tetrazole rings is 1. The van der Waals surface area contributed by atoms with E-state index >= 15 is 0 Å². The second kappa shape index (κ2) is 8.00. The Morgan fingerprint density at radius 3 is 3.00 bits per heavy atom. The fourth-order valence-corrected chi connectivity index (χ4v) is 3.94. The highest BCUT2D eigenvalue weighted by Crippen LogP contribution is 2.33. The van der Waals surface area contributed by atoms with Crippen LogP contribution >= 0.6 is 11.3 Å². The predicted octanol–water partition coefficient (Wildman–Crippen LogP) is 3.51. The van der Waals surface area contributed by atoms with E-state index in [1.807, 2.05) is 43.6 Å². The highest BCUT2D eigenvalue weighted by Gasteiger charge is 2.28. The number of methoxy groups -OCH3 is 1. The van der Waals surface area contributed by atoms with Crippen LogP contribution in [0.4, 0.5) is 5.13 Å². The van der Waals surface area contributed by atoms with Crippen molar-refractivity contribution in [2.75, 3.05) is 12.4 Å². The molecular weight excluding hydrogens is 390 g/mol. The zero-order chi connectivity index (χ0) is 20.4. The van der Waals surface area contributed by atoms with Crippen LogP contribution in [0.5, 0.6) is 5.75 Å². The highest BCUT2D eigenvalue weighted by atomic mass is 32.1. The number of hydrogen-bond donors (Lipinski definition) is 2. The molecule has 2 atom stereocenters. The molecule has 0 saturated heterocycles. The first-order valence-corrected chi connectivity index (χ1v) is 10.1. The molecule has 29 heavy (non-hydrogen) atoms. The number of fused-ring (bicyclic) bond motifs is 1. The van der Waals surface area contributed by atoms with Crippen molar-refractivity contribution in [1.82, 2.24) is 30.2 Å². The minimum absolute atomic E-state index is 0.0685. The van der Waals surface area contributed by atoms with E-state index in [0.717, 1.165) is 34.3 Å². The van der Waals surface area contributed by atoms with E-state index in [-0.39, 0.29) is 11.8 Å². The van der Waals surface area contributed by atoms with Gasteiger partial charge in [-0.05, 0) is 34.5 Å². The van der Waals surface area contributed by atoms with E-state index in [1.165, 1.54) is 22.3 Å². The average Bonchev–Trinajstić information content (AvgIpc) is 3.48. The fraction of sp³-hybridized carbons (Fsp3) is 0.316. The second-order valence-electron chi connectivity index (χ2n) is 6.76. The lowest BCUT2D eigenvalue weighted by atomic mass is 9.99. The van der Waals surface area contributed by atoms with E-state index in [2.05, 4.69) is 30.8 Å². The maximum atomic E-state index is 12.9. The molecule has 4 rings (SSSR count). The molecule has 0 fully saturated rings. The predicted molar refractivity (Wildman–Crippen MR) is 111 cm³/mol. The molecule has 10 heteroatoms. The molecule has 150 valence electrons. The number of nitrogens with zero attached hydrogens (tertiary/aromatic N) is 5. The van der Waals surface area contributed by atoms with Crippen molar-refractivity contribution >= 4 is 33.3 Å². The number of ether oxygens (including phenoxy) is 1. The van der Waals surface area contributed by atoms with Gasteiger partial charge in [0.05, 0.1) is 12.8 Å². The summed E-state index contributed by atoms with van der Waals surface area (Å²) >= 11 is 1.38. The fourth-order valence-electron chi connectivity index (χ4n) is 3.23. The Balaban J connectivity index is 1.59. The number of H-pyrrole nitrogens is 1. The van der Waals surface area contributed by atoms with Crippen molar-refractivity contribution in [3.05, 3.63) is 36.1 Å². The van der Waals surface area contributed by atoms with Gasteiger partial charge in [-0.2, -0.15) is 0 Å². The molecule has 3 aromatic heterocycles. The first kappa shape index (κ1) is 19.1. The number of anilines is 1. The van der Waals surface area contributed by atoms with Gasteiger partial charge in [0.1, 0.15) is 18.1 Å². The molecule has 0 saturated carbocycles. The summed E-state index contributed by atoms with van der Waals surface area (Å²) in [5.41, 5.74) is 2.73. The monoisotopic (exact) mass is 411 g/mol. The largest absolute Gasteiger partial charge is 0.497 e. The van der Waals surface area contributed by atoms with Gasteiger partial charge in [-0.1, -0.05) is 20.3 Å². The molecule has 0 spiro atoms. The molecule has 0 bridgehead atoms. The molecule has 1 aromatic carbocycles. The van der Waals surface area contributed by atoms with Crippen LogP contribution in [0, 0.1) is 5.92 Å². The van der Waals surface area contributed by atoms with Crippen LogP contribution in [0.2, 0.25) is 0 Å². The third-order valence-corrected chi connectivity index (χ3v) is 5.76. The Morgan fingerprint density at radius 2 is 2.28 bits per heavy atom. The molecule has 2 unspecified atom stereocenters. The quantitative estimate of drug-likeness (QED) is 0.481. The molecule has 0 radical (unpaired) electrons. The van der Waals surface area contributed by atoms with Crippen LogP contribution in [0.15, 0.2) is 36.1 Å². The third kappa shape index (κ3) is 3.70. The highest BCUT2D eigenvalue weighted by molar-refractivity contribution is 7.14. The summed E-state index contributed by atoms with van der Waals surface area (Å²) < 4.78 is 6.82. The van der Waals surface area contributed by atoms with Crippen LogP contribution in [-0.4, -0.2) is 43.2 Å². The van der Waals surface area contributed by atoms with Gasteiger partial charge in [0.15, 0.2) is 5.13 Å². The molecule has 0 aliphatic carbocycles. The molecule has 0 aliphatic rings. The standard InChI is InChI=1S/C19H21N7O2S/c1-4-11(2)17(26-10-21-24-25-26)18(27)23-19-22-16(9-29-19)14-8-20-15-6-5-12(28-3)7-13(14)15/h5-11,17,20H,4H2,1-3H3,(H,22,23,27). The van der Waals surface area contributed by atoms with Gasteiger partial charge in [-0.25, -0.2) is 9.67 Å². The van der Waals surface area contributed by atoms with E-state index in [4.69, 9.17) is 4.74 Å². The number of aromatic amines is 1. The molecule has 9 nitrogen and oxygen atoms in total. The Bertz CT molecular complexity index is 1120. The summed E-state index contributed by atoms with van der Waals surface area (Å²) in [5, 5.41) is 17.6. The van der Waals surface area contributed by atoms with Gasteiger partial charge in [0, 0.05) is 28.0 Å². The maximum Gasteiger partial charge on any atom is 0.251 e. The number of hydrogen-bond acceptors (Lipinski definition) is 7. The van der Waals surface area contributed by atoms with Crippen LogP contribution in [0.1, 0.15) is 26.3 Å². The zero-order valence-corrected chi connectivity index (χ0v) is 17.1. The van der Waals surface area contributed by atoms with Crippen LogP contribution < -0.4 is 10.1 Å². The first-order chi connectivity index (χ1) is 14.1. The number of carbonyl (C=O) groups excluding carboxylic acids is 1. The number of amides is 1. The van der Waals surface area contributed by atoms with Crippen molar-refractivity contribution in [2.24, 2.45) is 5.92 Å². The topological polar surface area (TPSA) is 111 Å². The van der Waals surface area contributed by atoms with Crippen LogP contribution in [-0.2, 0) is 4.79 Å². The van der Waals surface area contributed by atoms with Gasteiger partial charge < -0.3 is 15.0 Å². The Labute approximate surface area is 171 Å². The Hall–Kier alpha value is -3.27. The van der Waals surface area contributed by atoms with Gasteiger partial charge in [-0.3, -0.25) is 4.79 Å². The van der Waals surface area contributed by atoms with Crippen LogP contribution in [0.3, 0.4) is 0 Å². The molecule has 4 aromatic rings. The normalized spacial score (nSPS) is 13.3. The van der Waals surface area contributed by atoms with E-state index in [1.54, 1.807) is 7.11 Å². The number of aromatic nitrogens is 6. The molecule has 0 aliphatic heterocycles. The van der Waals surface area contributed by atoms with Crippen molar-refractivity contribution < 1.29 is 9.53 Å². The molecule has 2 N–H and O–H groups in total. The minimum Gasteiger partial charge on any atom is -0.497 e. The van der Waals surface area contributed by atoms with Crippen molar-refractivity contribution in [3.63, 3.8) is 0 Å². The SMILES string of the molecule is CCC(C)C(C(=O)Nc1nc(-c2c[nH]c3ccc(OC)cc23)cs1)n1cnnn1. The van der Waals surface area contributed by atoms with Gasteiger partial charge in [-0.15, -0.1) is 16.4 Å². The van der Waals surface area contributed by atoms with Crippen molar-refractivity contribution in [2.45, 2.75) is 26.3 Å². The summed E-state index contributed by atoms with van der Waals surface area (Å²) in [4.78, 5) is 20.8. The van der Waals surface area contributed by atoms with Gasteiger partial charge in [0.25, 0.3) is 5.91 Å². The molecule has 3 heterocycles.